The summed E-state index contributed by atoms with van der Waals surface area (Å²) in [6, 6.07) is 13.6. The third-order valence-electron chi connectivity index (χ3n) is 4.78. The first-order valence-corrected chi connectivity index (χ1v) is 10.2. The molecule has 0 aliphatic heterocycles. The normalized spacial score (nSPS) is 11.0. The van der Waals surface area contributed by atoms with Crippen LogP contribution in [-0.2, 0) is 6.54 Å². The highest BCUT2D eigenvalue weighted by Crippen LogP contribution is 2.21. The first-order valence-electron chi connectivity index (χ1n) is 10.2. The average Bonchev–Trinajstić information content (AvgIpc) is 3.24. The zero-order valence-corrected chi connectivity index (χ0v) is 17.4. The van der Waals surface area contributed by atoms with Gasteiger partial charge in [-0.1, -0.05) is 36.7 Å². The molecule has 0 saturated heterocycles. The first-order chi connectivity index (χ1) is 15.5. The first kappa shape index (κ1) is 21.4. The molecular weight excluding hydrogens is 416 g/mol. The van der Waals surface area contributed by atoms with Gasteiger partial charge in [0, 0.05) is 29.8 Å². The van der Waals surface area contributed by atoms with Crippen molar-refractivity contribution in [3.8, 4) is 22.6 Å². The maximum absolute atomic E-state index is 13.6. The number of benzene rings is 2. The van der Waals surface area contributed by atoms with E-state index in [0.717, 1.165) is 36.6 Å². The van der Waals surface area contributed by atoms with Crippen molar-refractivity contribution in [1.82, 2.24) is 19.9 Å². The Morgan fingerprint density at radius 1 is 1.03 bits per heavy atom. The highest BCUT2D eigenvalue weighted by Gasteiger charge is 2.11. The number of nitrogens with one attached hydrogen (secondary N) is 1. The molecule has 4 rings (SSSR count). The Morgan fingerprint density at radius 3 is 2.62 bits per heavy atom. The van der Waals surface area contributed by atoms with Crippen LogP contribution in [0.2, 0.25) is 0 Å². The van der Waals surface area contributed by atoms with Gasteiger partial charge in [-0.05, 0) is 36.2 Å². The Labute approximate surface area is 182 Å². The summed E-state index contributed by atoms with van der Waals surface area (Å²) < 4.78 is 33.6. The summed E-state index contributed by atoms with van der Waals surface area (Å²) in [7, 11) is 0. The SMILES string of the molecule is CCCCNc1nc(-c2cccc(Cn3nc(-c4cc(F)cc(F)c4)ccc3=O)c2)no1. The lowest BCUT2D eigenvalue weighted by atomic mass is 10.1. The summed E-state index contributed by atoms with van der Waals surface area (Å²) in [5.41, 5.74) is 1.72. The number of hydrogen-bond donors (Lipinski definition) is 1. The number of halogens is 2. The van der Waals surface area contributed by atoms with Crippen molar-refractivity contribution < 1.29 is 13.3 Å². The number of anilines is 1. The molecule has 7 nitrogen and oxygen atoms in total. The molecule has 0 amide bonds. The summed E-state index contributed by atoms with van der Waals surface area (Å²) in [5, 5.41) is 11.4. The molecule has 0 spiro atoms. The predicted octanol–water partition coefficient (Wildman–Crippen LogP) is 4.50. The second-order valence-electron chi connectivity index (χ2n) is 7.28. The quantitative estimate of drug-likeness (QED) is 0.409. The van der Waals surface area contributed by atoms with Gasteiger partial charge >= 0.3 is 6.01 Å². The zero-order valence-electron chi connectivity index (χ0n) is 17.4. The van der Waals surface area contributed by atoms with Crippen LogP contribution in [0, 0.1) is 11.6 Å². The maximum atomic E-state index is 13.6. The minimum absolute atomic E-state index is 0.164. The van der Waals surface area contributed by atoms with Crippen LogP contribution in [0.15, 0.2) is 63.9 Å². The lowest BCUT2D eigenvalue weighted by Gasteiger charge is -2.08. The van der Waals surface area contributed by atoms with Crippen LogP contribution in [0.25, 0.3) is 22.6 Å². The van der Waals surface area contributed by atoms with Crippen LogP contribution in [0.3, 0.4) is 0 Å². The molecule has 0 aliphatic rings. The molecular formula is C23H21F2N5O2. The van der Waals surface area contributed by atoms with Crippen LogP contribution in [-0.4, -0.2) is 26.5 Å². The molecule has 0 unspecified atom stereocenters. The molecule has 0 saturated carbocycles. The van der Waals surface area contributed by atoms with Crippen LogP contribution < -0.4 is 10.9 Å². The van der Waals surface area contributed by atoms with E-state index in [0.29, 0.717) is 17.5 Å². The van der Waals surface area contributed by atoms with E-state index in [1.165, 1.54) is 28.9 Å². The number of hydrogen-bond acceptors (Lipinski definition) is 6. The molecule has 9 heteroatoms. The molecule has 164 valence electrons. The molecule has 2 aromatic heterocycles. The summed E-state index contributed by atoms with van der Waals surface area (Å²) in [5.74, 6) is -0.998. The summed E-state index contributed by atoms with van der Waals surface area (Å²) in [4.78, 5) is 16.7. The highest BCUT2D eigenvalue weighted by atomic mass is 19.1. The minimum Gasteiger partial charge on any atom is -0.338 e. The monoisotopic (exact) mass is 437 g/mol. The minimum atomic E-state index is -0.712. The van der Waals surface area contributed by atoms with Gasteiger partial charge in [0.15, 0.2) is 0 Å². The van der Waals surface area contributed by atoms with Gasteiger partial charge < -0.3 is 9.84 Å². The Kier molecular flexibility index (Phi) is 6.34. The Bertz CT molecular complexity index is 1270. The largest absolute Gasteiger partial charge is 0.338 e. The van der Waals surface area contributed by atoms with Crippen molar-refractivity contribution in [3.05, 3.63) is 82.1 Å². The van der Waals surface area contributed by atoms with Crippen LogP contribution in [0.4, 0.5) is 14.8 Å². The van der Waals surface area contributed by atoms with Crippen LogP contribution in [0.5, 0.6) is 0 Å². The number of aromatic nitrogens is 4. The van der Waals surface area contributed by atoms with E-state index in [1.54, 1.807) is 0 Å². The fourth-order valence-electron chi connectivity index (χ4n) is 3.18. The van der Waals surface area contributed by atoms with Gasteiger partial charge in [0.25, 0.3) is 5.56 Å². The number of rotatable bonds is 8. The average molecular weight is 437 g/mol. The number of nitrogens with zero attached hydrogens (tertiary/aromatic N) is 4. The van der Waals surface area contributed by atoms with E-state index in [9.17, 15) is 13.6 Å². The summed E-state index contributed by atoms with van der Waals surface area (Å²) in [6.45, 7) is 3.01. The van der Waals surface area contributed by atoms with Gasteiger partial charge in [-0.3, -0.25) is 4.79 Å². The summed E-state index contributed by atoms with van der Waals surface area (Å²) >= 11 is 0. The van der Waals surface area contributed by atoms with E-state index in [1.807, 2.05) is 24.3 Å². The summed E-state index contributed by atoms with van der Waals surface area (Å²) in [6.07, 6.45) is 2.05. The third-order valence-corrected chi connectivity index (χ3v) is 4.78. The molecule has 0 atom stereocenters. The van der Waals surface area contributed by atoms with Gasteiger partial charge in [0.1, 0.15) is 11.6 Å². The lowest BCUT2D eigenvalue weighted by Crippen LogP contribution is -2.22. The van der Waals surface area contributed by atoms with E-state index in [4.69, 9.17) is 4.52 Å². The van der Waals surface area contributed by atoms with Gasteiger partial charge in [0.05, 0.1) is 12.2 Å². The van der Waals surface area contributed by atoms with E-state index < -0.39 is 11.6 Å². The predicted molar refractivity (Wildman–Crippen MR) is 116 cm³/mol. The fraction of sp³-hybridized carbons (Fsp3) is 0.217. The zero-order chi connectivity index (χ0) is 22.5. The van der Waals surface area contributed by atoms with Crippen molar-refractivity contribution in [1.29, 1.82) is 0 Å². The van der Waals surface area contributed by atoms with E-state index in [2.05, 4.69) is 27.5 Å². The fourth-order valence-corrected chi connectivity index (χ4v) is 3.18. The lowest BCUT2D eigenvalue weighted by molar-refractivity contribution is 0.431. The van der Waals surface area contributed by atoms with Gasteiger partial charge in [0.2, 0.25) is 5.82 Å². The molecule has 1 N–H and O–H groups in total. The topological polar surface area (TPSA) is 85.8 Å². The second-order valence-corrected chi connectivity index (χ2v) is 7.28. The molecule has 32 heavy (non-hydrogen) atoms. The Morgan fingerprint density at radius 2 is 1.84 bits per heavy atom. The molecule has 0 radical (unpaired) electrons. The molecule has 0 aliphatic carbocycles. The van der Waals surface area contributed by atoms with Gasteiger partial charge in [-0.25, -0.2) is 13.5 Å². The van der Waals surface area contributed by atoms with Gasteiger partial charge in [-0.15, -0.1) is 0 Å². The molecule has 2 heterocycles. The van der Waals surface area contributed by atoms with Crippen molar-refractivity contribution in [2.45, 2.75) is 26.3 Å². The van der Waals surface area contributed by atoms with Crippen molar-refractivity contribution in [2.75, 3.05) is 11.9 Å². The van der Waals surface area contributed by atoms with Crippen molar-refractivity contribution in [2.24, 2.45) is 0 Å². The Hall–Kier alpha value is -3.88. The maximum Gasteiger partial charge on any atom is 0.321 e. The molecule has 0 bridgehead atoms. The Balaban J connectivity index is 1.57. The van der Waals surface area contributed by atoms with E-state index >= 15 is 0 Å². The molecule has 0 fully saturated rings. The second kappa shape index (κ2) is 9.51. The molecule has 2 aromatic carbocycles. The van der Waals surface area contributed by atoms with Crippen LogP contribution in [0.1, 0.15) is 25.3 Å². The smallest absolute Gasteiger partial charge is 0.321 e. The molecule has 4 aromatic rings. The third kappa shape index (κ3) is 5.05. The highest BCUT2D eigenvalue weighted by molar-refractivity contribution is 5.58. The van der Waals surface area contributed by atoms with Crippen LogP contribution >= 0.6 is 0 Å². The standard InChI is InChI=1S/C23H21F2N5O2/c1-2-3-9-26-23-27-22(29-32-23)16-6-4-5-15(10-16)14-30-21(31)8-7-20(28-30)17-11-18(24)13-19(25)12-17/h4-8,10-13H,2-3,9,14H2,1H3,(H,26,27,29). The number of unbranched alkanes of at least 4 members (excludes halogenated alkanes) is 1. The van der Waals surface area contributed by atoms with Gasteiger partial charge in [-0.2, -0.15) is 10.1 Å². The van der Waals surface area contributed by atoms with Crippen molar-refractivity contribution in [3.63, 3.8) is 0 Å². The van der Waals surface area contributed by atoms with Crippen molar-refractivity contribution >= 4 is 6.01 Å². The van der Waals surface area contributed by atoms with E-state index in [-0.39, 0.29) is 17.7 Å².